The van der Waals surface area contributed by atoms with Crippen LogP contribution < -0.4 is 10.1 Å². The van der Waals surface area contributed by atoms with Gasteiger partial charge in [-0.1, -0.05) is 25.8 Å². The smallest absolute Gasteiger partial charge is 0.273 e. The first-order valence-corrected chi connectivity index (χ1v) is 7.44. The summed E-state index contributed by atoms with van der Waals surface area (Å²) in [5, 5.41) is 19.1. The summed E-state index contributed by atoms with van der Waals surface area (Å²) in [5.74, 6) is 0.205. The van der Waals surface area contributed by atoms with E-state index in [1.165, 1.54) is 11.3 Å². The maximum Gasteiger partial charge on any atom is 0.273 e. The second-order valence-corrected chi connectivity index (χ2v) is 6.50. The predicted molar refractivity (Wildman–Crippen MR) is 74.8 cm³/mol. The van der Waals surface area contributed by atoms with Crippen LogP contribution in [0.2, 0.25) is 0 Å². The molecule has 1 saturated heterocycles. The van der Waals surface area contributed by atoms with Gasteiger partial charge in [0, 0.05) is 12.5 Å². The molecule has 0 spiro atoms. The zero-order chi connectivity index (χ0) is 13.9. The minimum atomic E-state index is -0.262. The highest BCUT2D eigenvalue weighted by Gasteiger charge is 2.20. The number of hydrogen-bond donors (Lipinski definition) is 1. The maximum absolute atomic E-state index is 11.9. The molecule has 3 heterocycles. The standard InChI is InChI=1S/C10H13N6O2PS/c17-9(11-1-8-13-14-10(19)20-8)7-3-16(15-12-7)2-6-4-18-5-6/h3,6H,1-2,4-5,19H2,(H,11,17). The Balaban J connectivity index is 1.53. The number of rotatable bonds is 5. The van der Waals surface area contributed by atoms with E-state index >= 15 is 0 Å². The second kappa shape index (κ2) is 5.90. The van der Waals surface area contributed by atoms with Crippen LogP contribution >= 0.6 is 20.6 Å². The van der Waals surface area contributed by atoms with Crippen LogP contribution in [0.4, 0.5) is 0 Å². The zero-order valence-electron chi connectivity index (χ0n) is 10.5. The third-order valence-electron chi connectivity index (χ3n) is 2.81. The summed E-state index contributed by atoms with van der Waals surface area (Å²) in [6.45, 7) is 2.56. The van der Waals surface area contributed by atoms with Crippen LogP contribution in [0.1, 0.15) is 15.5 Å². The lowest BCUT2D eigenvalue weighted by Gasteiger charge is -2.25. The predicted octanol–water partition coefficient (Wildman–Crippen LogP) is -0.794. The van der Waals surface area contributed by atoms with Gasteiger partial charge in [0.1, 0.15) is 9.76 Å². The van der Waals surface area contributed by atoms with Gasteiger partial charge in [-0.15, -0.1) is 15.3 Å². The molecule has 0 radical (unpaired) electrons. The summed E-state index contributed by atoms with van der Waals surface area (Å²) < 4.78 is 7.57. The van der Waals surface area contributed by atoms with E-state index in [4.69, 9.17) is 4.74 Å². The van der Waals surface area contributed by atoms with Crippen LogP contribution in [0.3, 0.4) is 0 Å². The van der Waals surface area contributed by atoms with Gasteiger partial charge in [-0.2, -0.15) is 0 Å². The van der Waals surface area contributed by atoms with Gasteiger partial charge in [-0.3, -0.25) is 9.48 Å². The number of nitrogens with zero attached hydrogens (tertiary/aromatic N) is 5. The lowest BCUT2D eigenvalue weighted by atomic mass is 10.1. The molecule has 0 bridgehead atoms. The Morgan fingerprint density at radius 3 is 3.00 bits per heavy atom. The van der Waals surface area contributed by atoms with Crippen LogP contribution in [0, 0.1) is 5.92 Å². The van der Waals surface area contributed by atoms with Gasteiger partial charge in [-0.05, 0) is 0 Å². The van der Waals surface area contributed by atoms with E-state index in [1.807, 2.05) is 0 Å². The lowest BCUT2D eigenvalue weighted by Crippen LogP contribution is -2.31. The normalized spacial score (nSPS) is 15.1. The van der Waals surface area contributed by atoms with Crippen molar-refractivity contribution in [2.45, 2.75) is 13.1 Å². The monoisotopic (exact) mass is 312 g/mol. The van der Waals surface area contributed by atoms with Gasteiger partial charge >= 0.3 is 0 Å². The summed E-state index contributed by atoms with van der Waals surface area (Å²) in [5.41, 5.74) is 0.306. The summed E-state index contributed by atoms with van der Waals surface area (Å²) in [4.78, 5) is 11.9. The molecule has 1 fully saturated rings. The number of carbonyl (C=O) groups excluding carboxylic acids is 1. The molecule has 106 valence electrons. The molecule has 1 aliphatic heterocycles. The molecule has 0 aliphatic carbocycles. The summed E-state index contributed by atoms with van der Waals surface area (Å²) in [7, 11) is 2.47. The quantitative estimate of drug-likeness (QED) is 0.727. The largest absolute Gasteiger partial charge is 0.381 e. The number of amides is 1. The third-order valence-corrected chi connectivity index (χ3v) is 4.03. The first-order valence-electron chi connectivity index (χ1n) is 6.04. The fourth-order valence-corrected chi connectivity index (χ4v) is 2.75. The van der Waals surface area contributed by atoms with Crippen molar-refractivity contribution >= 4 is 31.2 Å². The second-order valence-electron chi connectivity index (χ2n) is 4.45. The first kappa shape index (κ1) is 13.5. The molecule has 1 amide bonds. The number of nitrogens with one attached hydrogen (secondary N) is 1. The van der Waals surface area contributed by atoms with Crippen molar-refractivity contribution in [3.63, 3.8) is 0 Å². The molecule has 10 heteroatoms. The first-order chi connectivity index (χ1) is 9.70. The molecule has 20 heavy (non-hydrogen) atoms. The van der Waals surface area contributed by atoms with Crippen molar-refractivity contribution in [3.05, 3.63) is 16.9 Å². The molecule has 3 rings (SSSR count). The highest BCUT2D eigenvalue weighted by Crippen LogP contribution is 2.12. The van der Waals surface area contributed by atoms with Gasteiger partial charge in [-0.25, -0.2) is 0 Å². The van der Waals surface area contributed by atoms with Crippen LogP contribution in [0.25, 0.3) is 0 Å². The van der Waals surface area contributed by atoms with E-state index in [2.05, 4.69) is 35.1 Å². The average Bonchev–Trinajstić information content (AvgIpc) is 3.00. The van der Waals surface area contributed by atoms with Gasteiger partial charge in [0.25, 0.3) is 5.91 Å². The number of carbonyl (C=O) groups is 1. The van der Waals surface area contributed by atoms with Crippen LogP contribution in [0.15, 0.2) is 6.20 Å². The van der Waals surface area contributed by atoms with Crippen LogP contribution in [-0.4, -0.2) is 44.3 Å². The molecule has 2 aromatic heterocycles. The van der Waals surface area contributed by atoms with Crippen LogP contribution in [0.5, 0.6) is 0 Å². The van der Waals surface area contributed by atoms with Crippen molar-refractivity contribution in [2.24, 2.45) is 5.92 Å². The molecule has 8 nitrogen and oxygen atoms in total. The van der Waals surface area contributed by atoms with Gasteiger partial charge in [0.2, 0.25) is 0 Å². The van der Waals surface area contributed by atoms with E-state index in [-0.39, 0.29) is 5.91 Å². The fourth-order valence-electron chi connectivity index (χ4n) is 1.73. The Labute approximate surface area is 121 Å². The fraction of sp³-hybridized carbons (Fsp3) is 0.500. The zero-order valence-corrected chi connectivity index (χ0v) is 12.5. The van der Waals surface area contributed by atoms with Gasteiger partial charge in [0.05, 0.1) is 26.0 Å². The Hall–Kier alpha value is -1.44. The Morgan fingerprint density at radius 2 is 2.35 bits per heavy atom. The SMILES string of the molecule is O=C(NCc1nnc(P)s1)c1cn(CC2COC2)nn1. The van der Waals surface area contributed by atoms with Gasteiger partial charge in [0.15, 0.2) is 5.69 Å². The molecule has 1 unspecified atom stereocenters. The van der Waals surface area contributed by atoms with E-state index < -0.39 is 0 Å². The highest BCUT2D eigenvalue weighted by molar-refractivity contribution is 7.42. The van der Waals surface area contributed by atoms with Gasteiger partial charge < -0.3 is 10.1 Å². The number of ether oxygens (including phenoxy) is 1. The number of aromatic nitrogens is 5. The maximum atomic E-state index is 11.9. The third kappa shape index (κ3) is 3.17. The van der Waals surface area contributed by atoms with Crippen molar-refractivity contribution in [2.75, 3.05) is 13.2 Å². The molecule has 0 aromatic carbocycles. The molecule has 1 aliphatic rings. The summed E-state index contributed by atoms with van der Waals surface area (Å²) in [6.07, 6.45) is 1.65. The van der Waals surface area contributed by atoms with Crippen molar-refractivity contribution in [3.8, 4) is 0 Å². The van der Waals surface area contributed by atoms with Crippen molar-refractivity contribution < 1.29 is 9.53 Å². The van der Waals surface area contributed by atoms with E-state index in [1.54, 1.807) is 10.9 Å². The summed E-state index contributed by atoms with van der Waals surface area (Å²) in [6, 6.07) is 0. The molecule has 0 saturated carbocycles. The Kier molecular flexibility index (Phi) is 4.00. The molecule has 1 atom stereocenters. The lowest BCUT2D eigenvalue weighted by molar-refractivity contribution is -0.0410. The van der Waals surface area contributed by atoms with Crippen LogP contribution in [-0.2, 0) is 17.8 Å². The highest BCUT2D eigenvalue weighted by atomic mass is 32.1. The summed E-state index contributed by atoms with van der Waals surface area (Å²) >= 11 is 1.42. The Bertz CT molecular complexity index is 610. The van der Waals surface area contributed by atoms with E-state index in [0.29, 0.717) is 18.2 Å². The number of hydrogen-bond acceptors (Lipinski definition) is 7. The average molecular weight is 312 g/mol. The molecular formula is C10H13N6O2PS. The molecular weight excluding hydrogens is 299 g/mol. The van der Waals surface area contributed by atoms with E-state index in [0.717, 1.165) is 29.5 Å². The van der Waals surface area contributed by atoms with Crippen molar-refractivity contribution in [1.29, 1.82) is 0 Å². The minimum Gasteiger partial charge on any atom is -0.381 e. The Morgan fingerprint density at radius 1 is 1.50 bits per heavy atom. The topological polar surface area (TPSA) is 94.8 Å². The minimum absolute atomic E-state index is 0.262. The molecule has 1 N–H and O–H groups in total. The molecule has 2 aromatic rings. The van der Waals surface area contributed by atoms with Crippen molar-refractivity contribution in [1.82, 2.24) is 30.5 Å². The van der Waals surface area contributed by atoms with E-state index in [9.17, 15) is 4.79 Å².